The van der Waals surface area contributed by atoms with Crippen molar-refractivity contribution in [3.8, 4) is 28.6 Å². The molecule has 2 aromatic heterocycles. The first kappa shape index (κ1) is 21.7. The van der Waals surface area contributed by atoms with E-state index in [9.17, 15) is 14.6 Å². The molecule has 0 aliphatic carbocycles. The van der Waals surface area contributed by atoms with Gasteiger partial charge >= 0.3 is 0 Å². The maximum absolute atomic E-state index is 13.4. The number of rotatable bonds is 8. The topological polar surface area (TPSA) is 67.5 Å². The average molecular weight is 453 g/mol. The fourth-order valence-electron chi connectivity index (χ4n) is 3.58. The van der Waals surface area contributed by atoms with E-state index in [0.29, 0.717) is 18.6 Å². The highest BCUT2D eigenvalue weighted by Crippen LogP contribution is 2.31. The third-order valence-electron chi connectivity index (χ3n) is 5.28. The molecule has 0 saturated heterocycles. The van der Waals surface area contributed by atoms with Crippen molar-refractivity contribution in [1.29, 1.82) is 0 Å². The van der Waals surface area contributed by atoms with Gasteiger partial charge in [-0.25, -0.2) is 4.39 Å². The minimum absolute atomic E-state index is 0.0224. The second-order valence-electron chi connectivity index (χ2n) is 7.44. The maximum atomic E-state index is 13.4. The van der Waals surface area contributed by atoms with Crippen molar-refractivity contribution in [2.75, 3.05) is 6.61 Å². The number of hydrogen-bond acceptors (Lipinski definition) is 4. The molecule has 5 nitrogen and oxygen atoms in total. The Morgan fingerprint density at radius 2 is 1.69 bits per heavy atom. The lowest BCUT2D eigenvalue weighted by Crippen LogP contribution is -2.18. The molecule has 0 aliphatic rings. The van der Waals surface area contributed by atoms with Crippen molar-refractivity contribution in [3.63, 3.8) is 0 Å². The molecule has 0 amide bonds. The summed E-state index contributed by atoms with van der Waals surface area (Å²) in [7, 11) is 0. The number of aromatic hydroxyl groups is 2. The van der Waals surface area contributed by atoms with Gasteiger partial charge in [0.1, 0.15) is 18.2 Å². The molecule has 4 aromatic rings. The lowest BCUT2D eigenvalue weighted by Gasteiger charge is -2.21. The van der Waals surface area contributed by atoms with Crippen molar-refractivity contribution in [2.45, 2.75) is 18.9 Å². The predicted molar refractivity (Wildman–Crippen MR) is 122 cm³/mol. The summed E-state index contributed by atoms with van der Waals surface area (Å²) in [5, 5.41) is 20.5. The first-order valence-electron chi connectivity index (χ1n) is 10.2. The number of aromatic nitrogens is 2. The normalized spacial score (nSPS) is 11.9. The molecule has 164 valence electrons. The van der Waals surface area contributed by atoms with Crippen molar-refractivity contribution in [3.05, 3.63) is 95.5 Å². The summed E-state index contributed by atoms with van der Waals surface area (Å²) in [5.41, 5.74) is 2.75. The van der Waals surface area contributed by atoms with Gasteiger partial charge in [0, 0.05) is 24.5 Å². The Balaban J connectivity index is 1.47. The van der Waals surface area contributed by atoms with Crippen LogP contribution in [0.3, 0.4) is 0 Å². The highest BCUT2D eigenvalue weighted by Gasteiger charge is 2.19. The molecular weight excluding hydrogens is 431 g/mol. The van der Waals surface area contributed by atoms with Crippen molar-refractivity contribution in [1.82, 2.24) is 9.55 Å². The summed E-state index contributed by atoms with van der Waals surface area (Å²) >= 11 is 5.88. The third kappa shape index (κ3) is 5.03. The van der Waals surface area contributed by atoms with Crippen LogP contribution in [0, 0.1) is 5.82 Å². The van der Waals surface area contributed by atoms with Crippen LogP contribution in [0.1, 0.15) is 18.0 Å². The number of hydrogen-bond donors (Lipinski definition) is 2. The Hall–Kier alpha value is -3.51. The third-order valence-corrected chi connectivity index (χ3v) is 5.57. The molecule has 0 spiro atoms. The van der Waals surface area contributed by atoms with Gasteiger partial charge in [0.2, 0.25) is 0 Å². The molecule has 2 heterocycles. The molecule has 0 saturated carbocycles. The van der Waals surface area contributed by atoms with Gasteiger partial charge in [-0.3, -0.25) is 9.55 Å². The van der Waals surface area contributed by atoms with Crippen LogP contribution in [0.15, 0.2) is 79.1 Å². The minimum atomic E-state index is -0.454. The Labute approximate surface area is 190 Å². The van der Waals surface area contributed by atoms with Gasteiger partial charge in [-0.1, -0.05) is 35.9 Å². The fourth-order valence-corrected chi connectivity index (χ4v) is 3.76. The fraction of sp³-hybridized carbons (Fsp3) is 0.160. The van der Waals surface area contributed by atoms with Gasteiger partial charge in [-0.05, 0) is 59.9 Å². The van der Waals surface area contributed by atoms with Crippen molar-refractivity contribution >= 4 is 11.6 Å². The van der Waals surface area contributed by atoms with Crippen LogP contribution in [0.5, 0.6) is 17.5 Å². The van der Waals surface area contributed by atoms with E-state index >= 15 is 0 Å². The lowest BCUT2D eigenvalue weighted by molar-refractivity contribution is 0.217. The van der Waals surface area contributed by atoms with E-state index in [-0.39, 0.29) is 29.4 Å². The Morgan fingerprint density at radius 3 is 2.34 bits per heavy atom. The average Bonchev–Trinajstić information content (AvgIpc) is 3.15. The summed E-state index contributed by atoms with van der Waals surface area (Å²) in [5.74, 6) is 0.139. The van der Waals surface area contributed by atoms with E-state index in [1.54, 1.807) is 24.5 Å². The Bertz CT molecular complexity index is 1160. The van der Waals surface area contributed by atoms with Gasteiger partial charge in [0.05, 0.1) is 11.1 Å². The molecular formula is C25H22ClFN2O3. The molecule has 2 N–H and O–H groups in total. The van der Waals surface area contributed by atoms with E-state index in [2.05, 4.69) is 4.98 Å². The summed E-state index contributed by atoms with van der Waals surface area (Å²) in [6.07, 6.45) is 4.86. The highest BCUT2D eigenvalue weighted by molar-refractivity contribution is 6.31. The zero-order valence-corrected chi connectivity index (χ0v) is 17.9. The van der Waals surface area contributed by atoms with Crippen LogP contribution in [0.2, 0.25) is 5.02 Å². The molecule has 7 heteroatoms. The first-order chi connectivity index (χ1) is 15.5. The second-order valence-corrected chi connectivity index (χ2v) is 7.84. The monoisotopic (exact) mass is 452 g/mol. The van der Waals surface area contributed by atoms with Gasteiger partial charge < -0.3 is 14.9 Å². The predicted octanol–water partition coefficient (Wildman–Crippen LogP) is 6.01. The zero-order chi connectivity index (χ0) is 22.5. The summed E-state index contributed by atoms with van der Waals surface area (Å²) in [4.78, 5) is 4.13. The van der Waals surface area contributed by atoms with Crippen LogP contribution >= 0.6 is 11.6 Å². The largest absolute Gasteiger partial charge is 0.494 e. The van der Waals surface area contributed by atoms with Gasteiger partial charge in [0.15, 0.2) is 11.8 Å². The van der Waals surface area contributed by atoms with E-state index in [1.807, 2.05) is 36.4 Å². The van der Waals surface area contributed by atoms with Crippen LogP contribution in [-0.2, 0) is 6.42 Å². The Kier molecular flexibility index (Phi) is 6.61. The van der Waals surface area contributed by atoms with Crippen molar-refractivity contribution < 1.29 is 19.3 Å². The van der Waals surface area contributed by atoms with Crippen LogP contribution in [0.25, 0.3) is 11.1 Å². The smallest absolute Gasteiger partial charge is 0.194 e. The molecule has 4 rings (SSSR count). The number of benzene rings is 2. The number of nitrogens with zero attached hydrogens (tertiary/aromatic N) is 2. The van der Waals surface area contributed by atoms with Crippen molar-refractivity contribution in [2.24, 2.45) is 0 Å². The molecule has 32 heavy (non-hydrogen) atoms. The van der Waals surface area contributed by atoms with Crippen LogP contribution < -0.4 is 4.74 Å². The van der Waals surface area contributed by atoms with Crippen LogP contribution in [0.4, 0.5) is 4.39 Å². The molecule has 0 bridgehead atoms. The molecule has 0 aliphatic heterocycles. The zero-order valence-electron chi connectivity index (χ0n) is 17.2. The van der Waals surface area contributed by atoms with E-state index < -0.39 is 5.82 Å². The van der Waals surface area contributed by atoms with Gasteiger partial charge in [0.25, 0.3) is 0 Å². The number of ether oxygens (including phenoxy) is 1. The van der Waals surface area contributed by atoms with E-state index in [0.717, 1.165) is 16.7 Å². The Morgan fingerprint density at radius 1 is 0.969 bits per heavy atom. The maximum Gasteiger partial charge on any atom is 0.194 e. The number of halogens is 2. The second kappa shape index (κ2) is 9.75. The summed E-state index contributed by atoms with van der Waals surface area (Å²) in [6.45, 7) is 0.248. The van der Waals surface area contributed by atoms with E-state index in [4.69, 9.17) is 16.3 Å². The lowest BCUT2D eigenvalue weighted by atomic mass is 10.1. The summed E-state index contributed by atoms with van der Waals surface area (Å²) in [6, 6.07) is 18.4. The minimum Gasteiger partial charge on any atom is -0.494 e. The standard InChI is InChI=1S/C25H22ClFN2O3/c26-22-14-19(6-10-23(22)27)18-4-8-21(9-5-18)32-16-20(29-24(30)11-12-25(29)31)7-3-17-2-1-13-28-15-17/h1-2,4-6,8-15,20,30-31H,3,7,16H2/t20-/m1/s1. The molecule has 2 aromatic carbocycles. The van der Waals surface area contributed by atoms with Gasteiger partial charge in [-0.2, -0.15) is 0 Å². The molecule has 0 fully saturated rings. The number of pyridine rings is 1. The summed E-state index contributed by atoms with van der Waals surface area (Å²) < 4.78 is 20.8. The number of aryl methyl sites for hydroxylation is 1. The van der Waals surface area contributed by atoms with Gasteiger partial charge in [-0.15, -0.1) is 0 Å². The van der Waals surface area contributed by atoms with Crippen LogP contribution in [-0.4, -0.2) is 26.4 Å². The molecule has 1 atom stereocenters. The quantitative estimate of drug-likeness (QED) is 0.343. The highest BCUT2D eigenvalue weighted by atomic mass is 35.5. The molecule has 0 radical (unpaired) electrons. The SMILES string of the molecule is Oc1ccc(O)n1[C@H](CCc1cccnc1)COc1ccc(-c2ccc(F)c(Cl)c2)cc1. The molecule has 0 unspecified atom stereocenters. The first-order valence-corrected chi connectivity index (χ1v) is 10.6. The van der Waals surface area contributed by atoms with E-state index in [1.165, 1.54) is 22.8 Å².